The van der Waals surface area contributed by atoms with Gasteiger partial charge in [0.2, 0.25) is 0 Å². The summed E-state index contributed by atoms with van der Waals surface area (Å²) >= 11 is 0. The molecule has 2 N–H and O–H groups in total. The zero-order chi connectivity index (χ0) is 18.5. The lowest BCUT2D eigenvalue weighted by atomic mass is 9.97. The first kappa shape index (κ1) is 15.2. The molecule has 4 heterocycles. The van der Waals surface area contributed by atoms with Crippen molar-refractivity contribution in [2.45, 2.75) is 6.04 Å². The molecule has 0 aliphatic carbocycles. The molecule has 5 nitrogen and oxygen atoms in total. The molecule has 0 spiro atoms. The molecule has 1 aliphatic heterocycles. The highest BCUT2D eigenvalue weighted by atomic mass is 15.3. The summed E-state index contributed by atoms with van der Waals surface area (Å²) in [6, 6.07) is 21.1. The third-order valence-electron chi connectivity index (χ3n) is 5.43. The molecule has 1 aliphatic rings. The highest BCUT2D eigenvalue weighted by molar-refractivity contribution is 6.01. The van der Waals surface area contributed by atoms with E-state index in [1.165, 1.54) is 27.6 Å². The molecule has 0 fully saturated rings. The second kappa shape index (κ2) is 5.82. The van der Waals surface area contributed by atoms with Gasteiger partial charge in [0.25, 0.3) is 0 Å². The van der Waals surface area contributed by atoms with E-state index in [0.29, 0.717) is 0 Å². The van der Waals surface area contributed by atoms with E-state index < -0.39 is 0 Å². The molecule has 2 aromatic carbocycles. The largest absolute Gasteiger partial charge is 0.374 e. The van der Waals surface area contributed by atoms with Gasteiger partial charge in [-0.15, -0.1) is 0 Å². The van der Waals surface area contributed by atoms with Crippen molar-refractivity contribution in [3.8, 4) is 16.8 Å². The zero-order valence-electron chi connectivity index (χ0n) is 15.0. The first-order chi connectivity index (χ1) is 13.9. The quantitative estimate of drug-likeness (QED) is 0.467. The summed E-state index contributed by atoms with van der Waals surface area (Å²) in [5, 5.41) is 9.25. The summed E-state index contributed by atoms with van der Waals surface area (Å²) in [6.07, 6.45) is 7.69. The normalized spacial score (nSPS) is 15.1. The van der Waals surface area contributed by atoms with Gasteiger partial charge in [-0.3, -0.25) is 0 Å². The van der Waals surface area contributed by atoms with Crippen molar-refractivity contribution < 1.29 is 0 Å². The summed E-state index contributed by atoms with van der Waals surface area (Å²) in [7, 11) is 0. The van der Waals surface area contributed by atoms with Crippen LogP contribution in [0, 0.1) is 0 Å². The molecule has 1 unspecified atom stereocenters. The van der Waals surface area contributed by atoms with E-state index in [2.05, 4.69) is 81.2 Å². The number of pyridine rings is 1. The van der Waals surface area contributed by atoms with Gasteiger partial charge in [0, 0.05) is 47.0 Å². The Morgan fingerprint density at radius 3 is 2.61 bits per heavy atom. The number of rotatable bonds is 2. The van der Waals surface area contributed by atoms with Crippen LogP contribution in [0.4, 0.5) is 5.69 Å². The molecule has 0 amide bonds. The number of nitrogens with one attached hydrogen (secondary N) is 2. The smallest absolute Gasteiger partial charge is 0.138 e. The molecule has 1 atom stereocenters. The number of aromatic amines is 1. The Bertz CT molecular complexity index is 1280. The second-order valence-corrected chi connectivity index (χ2v) is 6.99. The maximum atomic E-state index is 4.54. The average molecular weight is 363 g/mol. The van der Waals surface area contributed by atoms with Crippen LogP contribution in [-0.2, 0) is 0 Å². The van der Waals surface area contributed by atoms with E-state index in [4.69, 9.17) is 0 Å². The van der Waals surface area contributed by atoms with E-state index in [9.17, 15) is 0 Å². The van der Waals surface area contributed by atoms with Crippen molar-refractivity contribution >= 4 is 16.7 Å². The van der Waals surface area contributed by atoms with Crippen molar-refractivity contribution in [2.24, 2.45) is 0 Å². The molecule has 5 heteroatoms. The van der Waals surface area contributed by atoms with Crippen molar-refractivity contribution in [2.75, 3.05) is 5.32 Å². The topological polar surface area (TPSA) is 58.5 Å². The molecular formula is C23H17N5. The first-order valence-electron chi connectivity index (χ1n) is 9.30. The van der Waals surface area contributed by atoms with Crippen LogP contribution in [0.3, 0.4) is 0 Å². The molecule has 6 rings (SSSR count). The fraction of sp³-hybridized carbons (Fsp3) is 0.0435. The fourth-order valence-electron chi connectivity index (χ4n) is 4.11. The van der Waals surface area contributed by atoms with E-state index in [1.807, 2.05) is 23.1 Å². The van der Waals surface area contributed by atoms with Gasteiger partial charge in [0.05, 0.1) is 11.7 Å². The van der Waals surface area contributed by atoms with Crippen LogP contribution < -0.4 is 5.32 Å². The van der Waals surface area contributed by atoms with Crippen molar-refractivity contribution in [1.82, 2.24) is 19.7 Å². The number of anilines is 1. The van der Waals surface area contributed by atoms with Gasteiger partial charge in [-0.1, -0.05) is 30.3 Å². The Hall–Kier alpha value is -3.86. The van der Waals surface area contributed by atoms with Gasteiger partial charge < -0.3 is 10.3 Å². The van der Waals surface area contributed by atoms with Gasteiger partial charge >= 0.3 is 0 Å². The summed E-state index contributed by atoms with van der Waals surface area (Å²) in [6.45, 7) is 0. The fourth-order valence-corrected chi connectivity index (χ4v) is 4.11. The van der Waals surface area contributed by atoms with Crippen LogP contribution in [-0.4, -0.2) is 19.7 Å². The average Bonchev–Trinajstić information content (AvgIpc) is 3.40. The van der Waals surface area contributed by atoms with Crippen LogP contribution in [0.2, 0.25) is 0 Å². The molecule has 3 aromatic heterocycles. The lowest BCUT2D eigenvalue weighted by Crippen LogP contribution is -2.11. The molecule has 5 aromatic rings. The molecule has 28 heavy (non-hydrogen) atoms. The van der Waals surface area contributed by atoms with Crippen molar-refractivity contribution in [3.63, 3.8) is 0 Å². The Labute approximate surface area is 161 Å². The number of aromatic nitrogens is 4. The second-order valence-electron chi connectivity index (χ2n) is 6.99. The van der Waals surface area contributed by atoms with E-state index >= 15 is 0 Å². The van der Waals surface area contributed by atoms with Crippen LogP contribution in [0.15, 0.2) is 85.5 Å². The van der Waals surface area contributed by atoms with E-state index in [1.54, 1.807) is 6.20 Å². The minimum Gasteiger partial charge on any atom is -0.374 e. The highest BCUT2D eigenvalue weighted by Gasteiger charge is 2.25. The summed E-state index contributed by atoms with van der Waals surface area (Å²) in [5.41, 5.74) is 7.91. The Balaban J connectivity index is 1.54. The Kier molecular flexibility index (Phi) is 3.17. The minimum atomic E-state index is 0.0343. The lowest BCUT2D eigenvalue weighted by Gasteiger charge is -2.20. The van der Waals surface area contributed by atoms with E-state index in [-0.39, 0.29) is 6.04 Å². The van der Waals surface area contributed by atoms with Crippen LogP contribution in [0.1, 0.15) is 17.2 Å². The number of hydrogen-bond acceptors (Lipinski definition) is 3. The number of benzene rings is 2. The molecule has 134 valence electrons. The maximum absolute atomic E-state index is 4.54. The predicted molar refractivity (Wildman–Crippen MR) is 111 cm³/mol. The molecule has 0 bridgehead atoms. The van der Waals surface area contributed by atoms with Crippen molar-refractivity contribution in [3.05, 3.63) is 96.6 Å². The van der Waals surface area contributed by atoms with Gasteiger partial charge in [0.15, 0.2) is 0 Å². The lowest BCUT2D eigenvalue weighted by molar-refractivity contribution is 0.876. The molecule has 0 radical (unpaired) electrons. The summed E-state index contributed by atoms with van der Waals surface area (Å²) < 4.78 is 1.87. The summed E-state index contributed by atoms with van der Waals surface area (Å²) in [5.74, 6) is 0. The SMILES string of the molecule is c1ccc2c(c1)NC(c1ccc(-n3cccn3)cc1)c1c[nH]c3nccc-2c13. The number of fused-ring (bicyclic) bond motifs is 2. The molecular weight excluding hydrogens is 346 g/mol. The van der Waals surface area contributed by atoms with Gasteiger partial charge in [-0.2, -0.15) is 5.10 Å². The minimum absolute atomic E-state index is 0.0343. The standard InChI is InChI=1S/C23H17N5/c1-2-5-20-17(4-1)18-10-12-24-23-21(18)19(14-25-23)22(27-20)15-6-8-16(9-7-15)28-13-3-11-26-28/h1-14,22,27H,(H,24,25). The van der Waals surface area contributed by atoms with Gasteiger partial charge in [-0.25, -0.2) is 9.67 Å². The maximum Gasteiger partial charge on any atom is 0.138 e. The third kappa shape index (κ3) is 2.19. The van der Waals surface area contributed by atoms with Crippen LogP contribution in [0.5, 0.6) is 0 Å². The first-order valence-corrected chi connectivity index (χ1v) is 9.30. The number of hydrogen-bond donors (Lipinski definition) is 2. The highest BCUT2D eigenvalue weighted by Crippen LogP contribution is 2.43. The van der Waals surface area contributed by atoms with Crippen LogP contribution >= 0.6 is 0 Å². The number of H-pyrrole nitrogens is 1. The van der Waals surface area contributed by atoms with E-state index in [0.717, 1.165) is 17.0 Å². The summed E-state index contributed by atoms with van der Waals surface area (Å²) in [4.78, 5) is 7.89. The Morgan fingerprint density at radius 1 is 0.857 bits per heavy atom. The Morgan fingerprint density at radius 2 is 1.75 bits per heavy atom. The van der Waals surface area contributed by atoms with Gasteiger partial charge in [0.1, 0.15) is 5.65 Å². The van der Waals surface area contributed by atoms with Crippen molar-refractivity contribution in [1.29, 1.82) is 0 Å². The molecule has 0 saturated heterocycles. The number of nitrogens with zero attached hydrogens (tertiary/aromatic N) is 3. The third-order valence-corrected chi connectivity index (χ3v) is 5.43. The van der Waals surface area contributed by atoms with Crippen LogP contribution in [0.25, 0.3) is 27.8 Å². The number of para-hydroxylation sites is 1. The predicted octanol–water partition coefficient (Wildman–Crippen LogP) is 4.93. The van der Waals surface area contributed by atoms with Gasteiger partial charge in [-0.05, 0) is 41.5 Å². The molecule has 0 saturated carbocycles. The zero-order valence-corrected chi connectivity index (χ0v) is 15.0. The monoisotopic (exact) mass is 363 g/mol.